The highest BCUT2D eigenvalue weighted by Crippen LogP contribution is 2.27. The number of hydrogen-bond acceptors (Lipinski definition) is 5. The molecule has 2 N–H and O–H groups in total. The van der Waals surface area contributed by atoms with Crippen LogP contribution in [0.3, 0.4) is 0 Å². The van der Waals surface area contributed by atoms with Crippen LogP contribution in [0.25, 0.3) is 11.1 Å². The van der Waals surface area contributed by atoms with E-state index in [4.69, 9.17) is 0 Å². The first-order chi connectivity index (χ1) is 12.3. The molecule has 1 amide bonds. The summed E-state index contributed by atoms with van der Waals surface area (Å²) in [5.41, 5.74) is 1.90. The second kappa shape index (κ2) is 8.54. The lowest BCUT2D eigenvalue weighted by atomic mass is 10.0. The minimum Gasteiger partial charge on any atom is -0.359 e. The number of rotatable bonds is 9. The fourth-order valence-electron chi connectivity index (χ4n) is 2.35. The number of nitrogens with one attached hydrogen (secondary N) is 2. The van der Waals surface area contributed by atoms with Gasteiger partial charge in [0.15, 0.2) is 0 Å². The van der Waals surface area contributed by atoms with Crippen molar-refractivity contribution in [3.63, 3.8) is 0 Å². The Hall–Kier alpha value is -2.78. The molecule has 0 saturated heterocycles. The Bertz CT molecular complexity index is 895. The van der Waals surface area contributed by atoms with E-state index in [1.54, 1.807) is 31.2 Å². The first-order valence-corrected chi connectivity index (χ1v) is 9.35. The molecule has 0 heterocycles. The minimum atomic E-state index is -3.65. The van der Waals surface area contributed by atoms with Crippen molar-refractivity contribution >= 4 is 22.1 Å². The summed E-state index contributed by atoms with van der Waals surface area (Å²) in [6, 6.07) is 11.0. The molecule has 0 atom stereocenters. The zero-order chi connectivity index (χ0) is 19.2. The molecular weight excluding hydrogens is 358 g/mol. The smallest absolute Gasteiger partial charge is 0.272 e. The molecule has 2 rings (SSSR count). The normalized spacial score (nSPS) is 11.1. The third kappa shape index (κ3) is 4.87. The van der Waals surface area contributed by atoms with Crippen molar-refractivity contribution in [3.05, 3.63) is 58.1 Å². The second-order valence-electron chi connectivity index (χ2n) is 5.61. The van der Waals surface area contributed by atoms with Crippen LogP contribution in [0.1, 0.15) is 12.0 Å². The van der Waals surface area contributed by atoms with Crippen LogP contribution in [-0.4, -0.2) is 32.8 Å². The Kier molecular flexibility index (Phi) is 6.42. The summed E-state index contributed by atoms with van der Waals surface area (Å²) in [5, 5.41) is 13.5. The van der Waals surface area contributed by atoms with Gasteiger partial charge in [0.1, 0.15) is 0 Å². The van der Waals surface area contributed by atoms with E-state index in [1.165, 1.54) is 18.2 Å². The number of aryl methyl sites for hydroxylation is 1. The maximum atomic E-state index is 12.2. The number of nitrogens with zero attached hydrogens (tertiary/aromatic N) is 1. The molecule has 2 aromatic carbocycles. The van der Waals surface area contributed by atoms with E-state index in [0.717, 1.165) is 0 Å². The summed E-state index contributed by atoms with van der Waals surface area (Å²) in [7, 11) is -3.65. The van der Waals surface area contributed by atoms with Gasteiger partial charge in [-0.3, -0.25) is 14.9 Å². The first kappa shape index (κ1) is 19.5. The molecule has 138 valence electrons. The fraction of sp³-hybridized carbons (Fsp3) is 0.235. The predicted molar refractivity (Wildman–Crippen MR) is 97.1 cm³/mol. The second-order valence-corrected chi connectivity index (χ2v) is 7.37. The maximum absolute atomic E-state index is 12.2. The van der Waals surface area contributed by atoms with Crippen LogP contribution < -0.4 is 10.0 Å². The van der Waals surface area contributed by atoms with Crippen LogP contribution in [0.4, 0.5) is 5.69 Å². The average Bonchev–Trinajstić information content (AvgIpc) is 2.62. The van der Waals surface area contributed by atoms with E-state index in [2.05, 4.69) is 10.0 Å². The third-order valence-corrected chi connectivity index (χ3v) is 5.25. The zero-order valence-electron chi connectivity index (χ0n) is 14.1. The van der Waals surface area contributed by atoms with Gasteiger partial charge in [-0.1, -0.05) is 24.3 Å². The van der Waals surface area contributed by atoms with Crippen molar-refractivity contribution in [2.75, 3.05) is 13.1 Å². The largest absolute Gasteiger partial charge is 0.359 e. The molecule has 0 saturated carbocycles. The van der Waals surface area contributed by atoms with Gasteiger partial charge in [0.25, 0.3) is 5.69 Å². The van der Waals surface area contributed by atoms with Crippen molar-refractivity contribution in [2.45, 2.75) is 18.2 Å². The summed E-state index contributed by atoms with van der Waals surface area (Å²) in [4.78, 5) is 20.8. The number of sulfonamides is 1. The van der Waals surface area contributed by atoms with Crippen molar-refractivity contribution in [1.29, 1.82) is 0 Å². The molecule has 8 nitrogen and oxygen atoms in total. The van der Waals surface area contributed by atoms with Crippen LogP contribution in [0, 0.1) is 17.0 Å². The molecule has 0 spiro atoms. The molecule has 0 unspecified atom stereocenters. The lowest BCUT2D eigenvalue weighted by Gasteiger charge is -2.08. The van der Waals surface area contributed by atoms with E-state index in [9.17, 15) is 23.3 Å². The molecular formula is C17H19N3O5S. The predicted octanol–water partition coefficient (Wildman–Crippen LogP) is 1.98. The molecule has 0 radical (unpaired) electrons. The Labute approximate surface area is 151 Å². The molecule has 9 heteroatoms. The number of carbonyl (C=O) groups is 1. The van der Waals surface area contributed by atoms with Crippen molar-refractivity contribution in [3.8, 4) is 11.1 Å². The van der Waals surface area contributed by atoms with Gasteiger partial charge < -0.3 is 5.32 Å². The van der Waals surface area contributed by atoms with E-state index < -0.39 is 14.9 Å². The van der Waals surface area contributed by atoms with Crippen LogP contribution in [0.15, 0.2) is 47.4 Å². The summed E-state index contributed by atoms with van der Waals surface area (Å²) < 4.78 is 26.9. The Morgan fingerprint density at radius 2 is 1.73 bits per heavy atom. The highest BCUT2D eigenvalue weighted by molar-refractivity contribution is 7.89. The van der Waals surface area contributed by atoms with Gasteiger partial charge in [-0.2, -0.15) is 0 Å². The van der Waals surface area contributed by atoms with Crippen molar-refractivity contribution in [1.82, 2.24) is 10.0 Å². The van der Waals surface area contributed by atoms with Gasteiger partial charge in [-0.15, -0.1) is 0 Å². The van der Waals surface area contributed by atoms with E-state index >= 15 is 0 Å². The standard InChI is InChI=1S/C17H19N3O5S/c1-13-3-4-15(11-17(13)20(22)23)14-5-7-16(8-6-14)26(24,25)19-10-2-9-18-12-21/h3-8,11-12,19H,2,9-10H2,1H3,(H,18,21). The molecule has 0 fully saturated rings. The summed E-state index contributed by atoms with van der Waals surface area (Å²) in [6.45, 7) is 2.25. The highest BCUT2D eigenvalue weighted by Gasteiger charge is 2.15. The lowest BCUT2D eigenvalue weighted by Crippen LogP contribution is -2.27. The van der Waals surface area contributed by atoms with Crippen molar-refractivity contribution < 1.29 is 18.1 Å². The van der Waals surface area contributed by atoms with Crippen LogP contribution in [0.2, 0.25) is 0 Å². The lowest BCUT2D eigenvalue weighted by molar-refractivity contribution is -0.385. The fourth-order valence-corrected chi connectivity index (χ4v) is 3.43. The number of carbonyl (C=O) groups excluding carboxylic acids is 1. The Morgan fingerprint density at radius 3 is 2.35 bits per heavy atom. The van der Waals surface area contributed by atoms with Gasteiger partial charge in [-0.05, 0) is 36.6 Å². The van der Waals surface area contributed by atoms with Crippen molar-refractivity contribution in [2.24, 2.45) is 0 Å². The maximum Gasteiger partial charge on any atom is 0.272 e. The number of amides is 1. The number of nitro benzene ring substituents is 1. The highest BCUT2D eigenvalue weighted by atomic mass is 32.2. The molecule has 0 aliphatic carbocycles. The zero-order valence-corrected chi connectivity index (χ0v) is 15.0. The van der Waals surface area contributed by atoms with E-state index in [0.29, 0.717) is 36.1 Å². The van der Waals surface area contributed by atoms with Crippen LogP contribution >= 0.6 is 0 Å². The van der Waals surface area contributed by atoms with Gasteiger partial charge in [0.2, 0.25) is 16.4 Å². The average molecular weight is 377 g/mol. The third-order valence-electron chi connectivity index (χ3n) is 3.78. The minimum absolute atomic E-state index is 0.0183. The SMILES string of the molecule is Cc1ccc(-c2ccc(S(=O)(=O)NCCCNC=O)cc2)cc1[N+](=O)[O-]. The van der Waals surface area contributed by atoms with E-state index in [1.807, 2.05) is 0 Å². The van der Waals surface area contributed by atoms with Crippen LogP contribution in [0.5, 0.6) is 0 Å². The summed E-state index contributed by atoms with van der Waals surface area (Å²) in [5.74, 6) is 0. The van der Waals surface area contributed by atoms with Gasteiger partial charge in [0, 0.05) is 24.7 Å². The summed E-state index contributed by atoms with van der Waals surface area (Å²) in [6.07, 6.45) is 1.03. The van der Waals surface area contributed by atoms with Crippen LogP contribution in [-0.2, 0) is 14.8 Å². The molecule has 26 heavy (non-hydrogen) atoms. The topological polar surface area (TPSA) is 118 Å². The molecule has 0 bridgehead atoms. The van der Waals surface area contributed by atoms with Gasteiger partial charge in [0.05, 0.1) is 9.82 Å². The van der Waals surface area contributed by atoms with Gasteiger partial charge >= 0.3 is 0 Å². The molecule has 2 aromatic rings. The Morgan fingerprint density at radius 1 is 1.08 bits per heavy atom. The summed E-state index contributed by atoms with van der Waals surface area (Å²) >= 11 is 0. The van der Waals surface area contributed by atoms with Gasteiger partial charge in [-0.25, -0.2) is 13.1 Å². The molecule has 0 aromatic heterocycles. The number of benzene rings is 2. The molecule has 0 aliphatic heterocycles. The Balaban J connectivity index is 2.14. The first-order valence-electron chi connectivity index (χ1n) is 7.87. The quantitative estimate of drug-likeness (QED) is 0.300. The number of nitro groups is 1. The monoisotopic (exact) mass is 377 g/mol. The van der Waals surface area contributed by atoms with E-state index in [-0.39, 0.29) is 17.1 Å². The molecule has 0 aliphatic rings. The number of hydrogen-bond donors (Lipinski definition) is 2.